The number of halogens is 2. The van der Waals surface area contributed by atoms with Gasteiger partial charge in [-0.15, -0.1) is 0 Å². The van der Waals surface area contributed by atoms with E-state index in [0.29, 0.717) is 5.92 Å². The van der Waals surface area contributed by atoms with Crippen LogP contribution in [0.2, 0.25) is 0 Å². The van der Waals surface area contributed by atoms with Gasteiger partial charge in [0.1, 0.15) is 0 Å². The van der Waals surface area contributed by atoms with Crippen molar-refractivity contribution in [1.29, 1.82) is 0 Å². The van der Waals surface area contributed by atoms with Gasteiger partial charge in [0.05, 0.1) is 6.54 Å². The maximum atomic E-state index is 12.7. The third kappa shape index (κ3) is 3.62. The van der Waals surface area contributed by atoms with Gasteiger partial charge in [0, 0.05) is 24.7 Å². The van der Waals surface area contributed by atoms with Crippen LogP contribution in [0.5, 0.6) is 0 Å². The Morgan fingerprint density at radius 1 is 1.29 bits per heavy atom. The molecule has 0 saturated carbocycles. The van der Waals surface area contributed by atoms with Crippen LogP contribution in [-0.4, -0.2) is 42.5 Å². The SMILES string of the molecule is CCC1(CC)CN(CC(F)F)C(C(C)C)CN1. The van der Waals surface area contributed by atoms with Gasteiger partial charge >= 0.3 is 0 Å². The van der Waals surface area contributed by atoms with E-state index < -0.39 is 6.43 Å². The Labute approximate surface area is 104 Å². The molecule has 0 aromatic rings. The molecule has 2 nitrogen and oxygen atoms in total. The highest BCUT2D eigenvalue weighted by atomic mass is 19.3. The van der Waals surface area contributed by atoms with E-state index in [4.69, 9.17) is 0 Å². The predicted molar refractivity (Wildman–Crippen MR) is 67.5 cm³/mol. The van der Waals surface area contributed by atoms with E-state index in [2.05, 4.69) is 33.0 Å². The first-order chi connectivity index (χ1) is 7.94. The van der Waals surface area contributed by atoms with Crippen molar-refractivity contribution in [3.8, 4) is 0 Å². The summed E-state index contributed by atoms with van der Waals surface area (Å²) < 4.78 is 25.3. The van der Waals surface area contributed by atoms with E-state index in [1.54, 1.807) is 0 Å². The second-order valence-corrected chi connectivity index (χ2v) is 5.50. The van der Waals surface area contributed by atoms with Crippen molar-refractivity contribution >= 4 is 0 Å². The standard InChI is InChI=1S/C13H26F2N2/c1-5-13(6-2)9-17(8-12(14)15)11(7-16-13)10(3)4/h10-12,16H,5-9H2,1-4H3. The molecule has 1 aliphatic rings. The predicted octanol–water partition coefficient (Wildman–Crippen LogP) is 2.74. The van der Waals surface area contributed by atoms with Gasteiger partial charge in [-0.1, -0.05) is 27.7 Å². The maximum Gasteiger partial charge on any atom is 0.251 e. The van der Waals surface area contributed by atoms with Gasteiger partial charge in [-0.25, -0.2) is 8.78 Å². The second kappa shape index (κ2) is 6.10. The number of nitrogens with zero attached hydrogens (tertiary/aromatic N) is 1. The Morgan fingerprint density at radius 2 is 1.88 bits per heavy atom. The molecule has 0 aliphatic carbocycles. The summed E-state index contributed by atoms with van der Waals surface area (Å²) in [7, 11) is 0. The van der Waals surface area contributed by atoms with E-state index in [9.17, 15) is 8.78 Å². The van der Waals surface area contributed by atoms with Crippen molar-refractivity contribution in [2.45, 2.75) is 58.5 Å². The topological polar surface area (TPSA) is 15.3 Å². The lowest BCUT2D eigenvalue weighted by atomic mass is 9.86. The van der Waals surface area contributed by atoms with Gasteiger partial charge in [0.2, 0.25) is 0 Å². The number of hydrogen-bond donors (Lipinski definition) is 1. The second-order valence-electron chi connectivity index (χ2n) is 5.50. The quantitative estimate of drug-likeness (QED) is 0.805. The number of rotatable bonds is 5. The lowest BCUT2D eigenvalue weighted by molar-refractivity contribution is 0.00306. The van der Waals surface area contributed by atoms with Crippen molar-refractivity contribution in [3.63, 3.8) is 0 Å². The molecule has 1 heterocycles. The summed E-state index contributed by atoms with van der Waals surface area (Å²) in [5, 5.41) is 3.58. The Balaban J connectivity index is 2.75. The number of alkyl halides is 2. The molecule has 1 atom stereocenters. The van der Waals surface area contributed by atoms with Gasteiger partial charge < -0.3 is 5.32 Å². The van der Waals surface area contributed by atoms with Crippen LogP contribution in [0.25, 0.3) is 0 Å². The molecule has 0 aromatic heterocycles. The Bertz CT molecular complexity index is 227. The molecule has 1 N–H and O–H groups in total. The third-order valence-corrected chi connectivity index (χ3v) is 4.16. The van der Waals surface area contributed by atoms with Crippen LogP contribution in [0, 0.1) is 5.92 Å². The summed E-state index contributed by atoms with van der Waals surface area (Å²) in [6.07, 6.45) is -0.247. The minimum atomic E-state index is -2.24. The van der Waals surface area contributed by atoms with Gasteiger partial charge in [-0.3, -0.25) is 4.90 Å². The van der Waals surface area contributed by atoms with Crippen molar-refractivity contribution in [3.05, 3.63) is 0 Å². The van der Waals surface area contributed by atoms with E-state index in [1.165, 1.54) is 0 Å². The molecular weight excluding hydrogens is 222 g/mol. The summed E-state index contributed by atoms with van der Waals surface area (Å²) in [5.74, 6) is 0.410. The van der Waals surface area contributed by atoms with Crippen LogP contribution in [0.3, 0.4) is 0 Å². The molecule has 1 aliphatic heterocycles. The Kier molecular flexibility index (Phi) is 5.32. The summed E-state index contributed by atoms with van der Waals surface area (Å²) in [6.45, 7) is 9.95. The van der Waals surface area contributed by atoms with Crippen LogP contribution in [-0.2, 0) is 0 Å². The molecule has 17 heavy (non-hydrogen) atoms. The van der Waals surface area contributed by atoms with Crippen LogP contribution in [0.15, 0.2) is 0 Å². The van der Waals surface area contributed by atoms with E-state index in [0.717, 1.165) is 25.9 Å². The molecule has 102 valence electrons. The molecule has 1 rings (SSSR count). The molecule has 0 aromatic carbocycles. The maximum absolute atomic E-state index is 12.7. The Hall–Kier alpha value is -0.220. The fourth-order valence-corrected chi connectivity index (χ4v) is 2.77. The molecule has 4 heteroatoms. The largest absolute Gasteiger partial charge is 0.308 e. The highest BCUT2D eigenvalue weighted by Gasteiger charge is 2.38. The first kappa shape index (κ1) is 14.8. The first-order valence-corrected chi connectivity index (χ1v) is 6.71. The molecule has 1 fully saturated rings. The zero-order valence-electron chi connectivity index (χ0n) is 11.5. The van der Waals surface area contributed by atoms with Crippen molar-refractivity contribution in [1.82, 2.24) is 10.2 Å². The summed E-state index contributed by atoms with van der Waals surface area (Å²) in [4.78, 5) is 1.98. The van der Waals surface area contributed by atoms with Crippen LogP contribution in [0.4, 0.5) is 8.78 Å². The fourth-order valence-electron chi connectivity index (χ4n) is 2.77. The molecule has 1 saturated heterocycles. The summed E-state index contributed by atoms with van der Waals surface area (Å²) >= 11 is 0. The monoisotopic (exact) mass is 248 g/mol. The first-order valence-electron chi connectivity index (χ1n) is 6.71. The highest BCUT2D eigenvalue weighted by Crippen LogP contribution is 2.26. The molecule has 0 bridgehead atoms. The lowest BCUT2D eigenvalue weighted by Crippen LogP contribution is -2.65. The number of piperazine rings is 1. The molecule has 1 unspecified atom stereocenters. The van der Waals surface area contributed by atoms with Crippen LogP contribution in [0.1, 0.15) is 40.5 Å². The zero-order valence-corrected chi connectivity index (χ0v) is 11.5. The number of hydrogen-bond acceptors (Lipinski definition) is 2. The smallest absolute Gasteiger partial charge is 0.251 e. The van der Waals surface area contributed by atoms with Crippen molar-refractivity contribution in [2.24, 2.45) is 5.92 Å². The van der Waals surface area contributed by atoms with Crippen LogP contribution < -0.4 is 5.32 Å². The lowest BCUT2D eigenvalue weighted by Gasteiger charge is -2.48. The summed E-state index contributed by atoms with van der Waals surface area (Å²) in [6, 6.07) is 0.232. The van der Waals surface area contributed by atoms with E-state index in [-0.39, 0.29) is 18.1 Å². The number of nitrogens with one attached hydrogen (secondary N) is 1. The van der Waals surface area contributed by atoms with E-state index in [1.807, 2.05) is 4.90 Å². The average Bonchev–Trinajstić information content (AvgIpc) is 2.27. The zero-order chi connectivity index (χ0) is 13.1. The third-order valence-electron chi connectivity index (χ3n) is 4.16. The van der Waals surface area contributed by atoms with Crippen molar-refractivity contribution in [2.75, 3.05) is 19.6 Å². The fraction of sp³-hybridized carbons (Fsp3) is 1.00. The normalized spacial score (nSPS) is 25.8. The molecule has 0 spiro atoms. The highest BCUT2D eigenvalue weighted by molar-refractivity contribution is 4.97. The minimum absolute atomic E-state index is 0.0281. The summed E-state index contributed by atoms with van der Waals surface area (Å²) in [5.41, 5.74) is 0.0281. The van der Waals surface area contributed by atoms with Gasteiger partial charge in [0.25, 0.3) is 6.43 Å². The molecular formula is C13H26F2N2. The van der Waals surface area contributed by atoms with Crippen molar-refractivity contribution < 1.29 is 8.78 Å². The van der Waals surface area contributed by atoms with Gasteiger partial charge in [-0.2, -0.15) is 0 Å². The van der Waals surface area contributed by atoms with Gasteiger partial charge in [-0.05, 0) is 18.8 Å². The average molecular weight is 248 g/mol. The van der Waals surface area contributed by atoms with E-state index >= 15 is 0 Å². The molecule has 0 radical (unpaired) electrons. The minimum Gasteiger partial charge on any atom is -0.308 e. The Morgan fingerprint density at radius 3 is 2.29 bits per heavy atom. The van der Waals surface area contributed by atoms with Gasteiger partial charge in [0.15, 0.2) is 0 Å². The van der Waals surface area contributed by atoms with Crippen LogP contribution >= 0.6 is 0 Å². The molecule has 0 amide bonds.